The Hall–Kier alpha value is -2.65. The molecular formula is C19H20FN3O4S. The zero-order valence-electron chi connectivity index (χ0n) is 15.1. The molecule has 0 bridgehead atoms. The molecular weight excluding hydrogens is 385 g/mol. The van der Waals surface area contributed by atoms with Crippen LogP contribution in [0.2, 0.25) is 0 Å². The van der Waals surface area contributed by atoms with Crippen LogP contribution in [0.25, 0.3) is 0 Å². The second-order valence-electron chi connectivity index (χ2n) is 6.54. The van der Waals surface area contributed by atoms with Crippen molar-refractivity contribution < 1.29 is 23.1 Å². The summed E-state index contributed by atoms with van der Waals surface area (Å²) in [5.74, 6) is 0.185. The fourth-order valence-electron chi connectivity index (χ4n) is 3.26. The molecule has 0 unspecified atom stereocenters. The van der Waals surface area contributed by atoms with E-state index in [0.717, 1.165) is 0 Å². The van der Waals surface area contributed by atoms with Gasteiger partial charge < -0.3 is 24.1 Å². The molecule has 1 atom stereocenters. The van der Waals surface area contributed by atoms with Gasteiger partial charge in [-0.3, -0.25) is 4.90 Å². The highest BCUT2D eigenvalue weighted by atomic mass is 32.1. The second kappa shape index (κ2) is 8.15. The van der Waals surface area contributed by atoms with Gasteiger partial charge in [-0.1, -0.05) is 12.2 Å². The molecule has 1 aromatic heterocycles. The van der Waals surface area contributed by atoms with Crippen LogP contribution in [0.4, 0.5) is 20.6 Å². The van der Waals surface area contributed by atoms with Gasteiger partial charge in [0, 0.05) is 13.1 Å². The fraction of sp³-hybridized carbons (Fsp3) is 0.368. The summed E-state index contributed by atoms with van der Waals surface area (Å²) in [5.41, 5.74) is 0.984. The Morgan fingerprint density at radius 3 is 2.82 bits per heavy atom. The normalized spacial score (nSPS) is 19.6. The Balaban J connectivity index is 1.38. The first kappa shape index (κ1) is 18.7. The van der Waals surface area contributed by atoms with E-state index in [0.29, 0.717) is 61.5 Å². The molecule has 2 saturated heterocycles. The summed E-state index contributed by atoms with van der Waals surface area (Å²) >= 11 is 5.23. The Labute approximate surface area is 167 Å². The molecule has 148 valence electrons. The molecule has 2 aliphatic heterocycles. The highest BCUT2D eigenvalue weighted by Gasteiger charge is 2.33. The lowest BCUT2D eigenvalue weighted by Gasteiger charge is -2.29. The number of anilines is 2. The van der Waals surface area contributed by atoms with Gasteiger partial charge in [0.25, 0.3) is 0 Å². The number of benzene rings is 1. The lowest BCUT2D eigenvalue weighted by Crippen LogP contribution is -2.36. The van der Waals surface area contributed by atoms with E-state index >= 15 is 0 Å². The second-order valence-corrected chi connectivity index (χ2v) is 6.95. The number of hydrogen-bond acceptors (Lipinski definition) is 6. The number of carbonyl (C=O) groups excluding carboxylic acids is 1. The SMILES string of the molecule is O=C1O[C@@H](CNC(=S)c2ccco2)CN1c1ccc(N2CCOCC2)c(F)c1. The molecule has 0 radical (unpaired) electrons. The van der Waals surface area contributed by atoms with Crippen molar-refractivity contribution in [3.8, 4) is 0 Å². The number of carbonyl (C=O) groups is 1. The van der Waals surface area contributed by atoms with Crippen molar-refractivity contribution in [3.63, 3.8) is 0 Å². The van der Waals surface area contributed by atoms with E-state index in [4.69, 9.17) is 26.1 Å². The molecule has 2 aliphatic rings. The van der Waals surface area contributed by atoms with Gasteiger partial charge in [0.05, 0.1) is 43.9 Å². The molecule has 28 heavy (non-hydrogen) atoms. The van der Waals surface area contributed by atoms with Gasteiger partial charge in [-0.15, -0.1) is 0 Å². The molecule has 0 spiro atoms. The topological polar surface area (TPSA) is 67.2 Å². The van der Waals surface area contributed by atoms with Crippen LogP contribution in [0, 0.1) is 5.82 Å². The van der Waals surface area contributed by atoms with E-state index in [9.17, 15) is 9.18 Å². The van der Waals surface area contributed by atoms with E-state index in [2.05, 4.69) is 5.32 Å². The van der Waals surface area contributed by atoms with E-state index < -0.39 is 12.2 Å². The molecule has 0 aliphatic carbocycles. The smallest absolute Gasteiger partial charge is 0.414 e. The standard InChI is InChI=1S/C19H20FN3O4S/c20-15-10-13(3-4-16(15)22-5-8-25-9-6-22)23-12-14(27-19(23)24)11-21-18(28)17-2-1-7-26-17/h1-4,7,10,14H,5-6,8-9,11-12H2,(H,21,28)/t14-/m0/s1. The van der Waals surface area contributed by atoms with Crippen LogP contribution < -0.4 is 15.1 Å². The average Bonchev–Trinajstić information content (AvgIpc) is 3.37. The van der Waals surface area contributed by atoms with Crippen molar-refractivity contribution in [3.05, 3.63) is 48.2 Å². The number of cyclic esters (lactones) is 1. The molecule has 1 N–H and O–H groups in total. The predicted octanol–water partition coefficient (Wildman–Crippen LogP) is 2.55. The van der Waals surface area contributed by atoms with Gasteiger partial charge in [-0.05, 0) is 30.3 Å². The maximum absolute atomic E-state index is 14.6. The third-order valence-electron chi connectivity index (χ3n) is 4.70. The van der Waals surface area contributed by atoms with Crippen LogP contribution in [0.15, 0.2) is 41.0 Å². The lowest BCUT2D eigenvalue weighted by molar-refractivity contribution is 0.122. The number of hydrogen-bond donors (Lipinski definition) is 1. The first-order valence-corrected chi connectivity index (χ1v) is 9.45. The van der Waals surface area contributed by atoms with Crippen LogP contribution in [-0.4, -0.2) is 56.6 Å². The Bertz CT molecular complexity index is 855. The number of ether oxygens (including phenoxy) is 2. The molecule has 2 aromatic rings. The van der Waals surface area contributed by atoms with Crippen molar-refractivity contribution in [2.75, 3.05) is 49.2 Å². The molecule has 1 amide bonds. The van der Waals surface area contributed by atoms with E-state index in [1.165, 1.54) is 17.2 Å². The predicted molar refractivity (Wildman–Crippen MR) is 105 cm³/mol. The van der Waals surface area contributed by atoms with Crippen LogP contribution in [0.1, 0.15) is 5.76 Å². The number of halogens is 1. The van der Waals surface area contributed by atoms with Crippen molar-refractivity contribution in [2.45, 2.75) is 6.10 Å². The summed E-state index contributed by atoms with van der Waals surface area (Å²) in [6, 6.07) is 8.30. The molecule has 1 aromatic carbocycles. The Morgan fingerprint density at radius 2 is 2.11 bits per heavy atom. The van der Waals surface area contributed by atoms with Crippen molar-refractivity contribution in [1.82, 2.24) is 5.32 Å². The van der Waals surface area contributed by atoms with Crippen LogP contribution in [-0.2, 0) is 9.47 Å². The van der Waals surface area contributed by atoms with Crippen molar-refractivity contribution in [2.24, 2.45) is 0 Å². The number of nitrogens with zero attached hydrogens (tertiary/aromatic N) is 2. The zero-order valence-corrected chi connectivity index (χ0v) is 15.9. The summed E-state index contributed by atoms with van der Waals surface area (Å²) in [6.45, 7) is 3.10. The van der Waals surface area contributed by atoms with Gasteiger partial charge in [-0.2, -0.15) is 0 Å². The van der Waals surface area contributed by atoms with E-state index in [-0.39, 0.29) is 5.82 Å². The van der Waals surface area contributed by atoms with E-state index in [1.54, 1.807) is 24.3 Å². The number of nitrogens with one attached hydrogen (secondary N) is 1. The number of rotatable bonds is 5. The minimum absolute atomic E-state index is 0.308. The third kappa shape index (κ3) is 3.95. The molecule has 7 nitrogen and oxygen atoms in total. The van der Waals surface area contributed by atoms with Crippen molar-refractivity contribution >= 4 is 34.7 Å². The fourth-order valence-corrected chi connectivity index (χ4v) is 3.46. The molecule has 3 heterocycles. The van der Waals surface area contributed by atoms with Crippen LogP contribution >= 0.6 is 12.2 Å². The summed E-state index contributed by atoms with van der Waals surface area (Å²) < 4.78 is 30.5. The average molecular weight is 405 g/mol. The largest absolute Gasteiger partial charge is 0.462 e. The Kier molecular flexibility index (Phi) is 5.45. The van der Waals surface area contributed by atoms with Crippen molar-refractivity contribution in [1.29, 1.82) is 0 Å². The monoisotopic (exact) mass is 405 g/mol. The highest BCUT2D eigenvalue weighted by molar-refractivity contribution is 7.80. The zero-order chi connectivity index (χ0) is 19.5. The number of thiocarbonyl (C=S) groups is 1. The quantitative estimate of drug-likeness (QED) is 0.767. The van der Waals surface area contributed by atoms with Gasteiger partial charge >= 0.3 is 6.09 Å². The molecule has 9 heteroatoms. The summed E-state index contributed by atoms with van der Waals surface area (Å²) in [5, 5.41) is 3.02. The summed E-state index contributed by atoms with van der Waals surface area (Å²) in [6.07, 6.45) is 0.632. The van der Waals surface area contributed by atoms with Crippen LogP contribution in [0.5, 0.6) is 0 Å². The first-order chi connectivity index (χ1) is 13.6. The molecule has 2 fully saturated rings. The minimum atomic E-state index is -0.505. The molecule has 4 rings (SSSR count). The number of furan rings is 1. The van der Waals surface area contributed by atoms with Gasteiger partial charge in [0.1, 0.15) is 16.9 Å². The highest BCUT2D eigenvalue weighted by Crippen LogP contribution is 2.28. The van der Waals surface area contributed by atoms with E-state index in [1.807, 2.05) is 4.90 Å². The number of morpholine rings is 1. The van der Waals surface area contributed by atoms with Gasteiger partial charge in [0.15, 0.2) is 5.76 Å². The maximum atomic E-state index is 14.6. The lowest BCUT2D eigenvalue weighted by atomic mass is 10.2. The first-order valence-electron chi connectivity index (χ1n) is 9.04. The number of amides is 1. The summed E-state index contributed by atoms with van der Waals surface area (Å²) in [7, 11) is 0. The van der Waals surface area contributed by atoms with Crippen LogP contribution in [0.3, 0.4) is 0 Å². The van der Waals surface area contributed by atoms with Gasteiger partial charge in [-0.25, -0.2) is 9.18 Å². The minimum Gasteiger partial charge on any atom is -0.462 e. The summed E-state index contributed by atoms with van der Waals surface area (Å²) in [4.78, 5) is 16.0. The Morgan fingerprint density at radius 1 is 1.29 bits per heavy atom. The third-order valence-corrected chi connectivity index (χ3v) is 5.05. The van der Waals surface area contributed by atoms with Gasteiger partial charge in [0.2, 0.25) is 0 Å². The maximum Gasteiger partial charge on any atom is 0.414 e. The molecule has 0 saturated carbocycles.